The lowest BCUT2D eigenvalue weighted by atomic mass is 10.1. The maximum Gasteiger partial charge on any atom is 0.0989 e. The number of hydrogen-bond acceptors (Lipinski definition) is 2. The molecule has 0 spiro atoms. The zero-order valence-corrected chi connectivity index (χ0v) is 7.07. The summed E-state index contributed by atoms with van der Waals surface area (Å²) in [5.41, 5.74) is 1.68. The Kier molecular flexibility index (Phi) is 1.87. The summed E-state index contributed by atoms with van der Waals surface area (Å²) >= 11 is 0. The minimum Gasteiger partial charge on any atom is -0.384 e. The van der Waals surface area contributed by atoms with Gasteiger partial charge in [0.15, 0.2) is 0 Å². The van der Waals surface area contributed by atoms with Crippen LogP contribution in [0, 0.1) is 0 Å². The predicted octanol–water partition coefficient (Wildman–Crippen LogP) is 1.78. The molecule has 3 heteroatoms. The number of aromatic nitrogens is 2. The first-order valence-electron chi connectivity index (χ1n) is 4.05. The summed E-state index contributed by atoms with van der Waals surface area (Å²) in [6.45, 7) is 3.54. The molecular formula is C10H10N2O. The number of nitrogens with one attached hydrogen (secondary N) is 1. The molecule has 0 radical (unpaired) electrons. The summed E-state index contributed by atoms with van der Waals surface area (Å²) in [7, 11) is 0. The second-order valence-electron chi connectivity index (χ2n) is 2.86. The SMILES string of the molecule is C=CC(O)c1cccc2cn[nH]c12. The van der Waals surface area contributed by atoms with E-state index in [1.165, 1.54) is 6.08 Å². The van der Waals surface area contributed by atoms with Crippen LogP contribution in [-0.2, 0) is 0 Å². The van der Waals surface area contributed by atoms with Crippen molar-refractivity contribution >= 4 is 10.9 Å². The Morgan fingerprint density at radius 2 is 2.38 bits per heavy atom. The zero-order chi connectivity index (χ0) is 9.26. The molecule has 13 heavy (non-hydrogen) atoms. The van der Waals surface area contributed by atoms with Crippen molar-refractivity contribution in [3.05, 3.63) is 42.6 Å². The first-order valence-corrected chi connectivity index (χ1v) is 4.05. The largest absolute Gasteiger partial charge is 0.384 e. The molecule has 2 N–H and O–H groups in total. The van der Waals surface area contributed by atoms with Crippen LogP contribution in [0.2, 0.25) is 0 Å². The zero-order valence-electron chi connectivity index (χ0n) is 7.07. The van der Waals surface area contributed by atoms with Gasteiger partial charge in [0, 0.05) is 10.9 Å². The lowest BCUT2D eigenvalue weighted by Crippen LogP contribution is -1.93. The average Bonchev–Trinajstić information content (AvgIpc) is 2.63. The van der Waals surface area contributed by atoms with Gasteiger partial charge in [-0.25, -0.2) is 0 Å². The quantitative estimate of drug-likeness (QED) is 0.682. The lowest BCUT2D eigenvalue weighted by Gasteiger charge is -2.05. The van der Waals surface area contributed by atoms with E-state index in [2.05, 4.69) is 16.8 Å². The number of H-pyrrole nitrogens is 1. The van der Waals surface area contributed by atoms with Crippen molar-refractivity contribution in [1.82, 2.24) is 10.2 Å². The van der Waals surface area contributed by atoms with E-state index in [0.29, 0.717) is 0 Å². The highest BCUT2D eigenvalue weighted by Crippen LogP contribution is 2.22. The fraction of sp³-hybridized carbons (Fsp3) is 0.100. The Morgan fingerprint density at radius 3 is 3.15 bits per heavy atom. The van der Waals surface area contributed by atoms with Crippen LogP contribution in [0.3, 0.4) is 0 Å². The molecule has 1 unspecified atom stereocenters. The molecule has 0 aliphatic carbocycles. The van der Waals surface area contributed by atoms with Crippen LogP contribution in [0.4, 0.5) is 0 Å². The van der Waals surface area contributed by atoms with Gasteiger partial charge in [0.2, 0.25) is 0 Å². The van der Waals surface area contributed by atoms with Crippen molar-refractivity contribution < 1.29 is 5.11 Å². The van der Waals surface area contributed by atoms with Crippen molar-refractivity contribution in [2.45, 2.75) is 6.10 Å². The van der Waals surface area contributed by atoms with Crippen molar-refractivity contribution in [3.8, 4) is 0 Å². The highest BCUT2D eigenvalue weighted by atomic mass is 16.3. The Labute approximate surface area is 75.7 Å². The van der Waals surface area contributed by atoms with Gasteiger partial charge in [-0.3, -0.25) is 5.10 Å². The molecule has 0 amide bonds. The van der Waals surface area contributed by atoms with E-state index >= 15 is 0 Å². The molecular weight excluding hydrogens is 164 g/mol. The third-order valence-corrected chi connectivity index (χ3v) is 2.05. The first-order chi connectivity index (χ1) is 6.33. The minimum atomic E-state index is -0.635. The molecule has 1 heterocycles. The minimum absolute atomic E-state index is 0.635. The molecule has 3 nitrogen and oxygen atoms in total. The van der Waals surface area contributed by atoms with Gasteiger partial charge < -0.3 is 5.11 Å². The molecule has 2 aromatic rings. The van der Waals surface area contributed by atoms with Crippen molar-refractivity contribution in [2.24, 2.45) is 0 Å². The third kappa shape index (κ3) is 1.23. The summed E-state index contributed by atoms with van der Waals surface area (Å²) < 4.78 is 0. The van der Waals surface area contributed by atoms with Gasteiger partial charge in [0.1, 0.15) is 0 Å². The molecule has 0 saturated carbocycles. The second kappa shape index (κ2) is 3.03. The highest BCUT2D eigenvalue weighted by Gasteiger charge is 2.07. The molecule has 66 valence electrons. The third-order valence-electron chi connectivity index (χ3n) is 2.05. The van der Waals surface area contributed by atoms with Gasteiger partial charge in [0.05, 0.1) is 17.8 Å². The van der Waals surface area contributed by atoms with Crippen LogP contribution in [0.25, 0.3) is 10.9 Å². The van der Waals surface area contributed by atoms with E-state index < -0.39 is 6.10 Å². The number of benzene rings is 1. The van der Waals surface area contributed by atoms with Crippen LogP contribution < -0.4 is 0 Å². The normalized spacial score (nSPS) is 13.0. The summed E-state index contributed by atoms with van der Waals surface area (Å²) in [6, 6.07) is 5.69. The number of para-hydroxylation sites is 1. The molecule has 1 aromatic heterocycles. The smallest absolute Gasteiger partial charge is 0.0989 e. The van der Waals surface area contributed by atoms with Gasteiger partial charge in [0.25, 0.3) is 0 Å². The van der Waals surface area contributed by atoms with E-state index in [-0.39, 0.29) is 0 Å². The Morgan fingerprint density at radius 1 is 1.54 bits per heavy atom. The standard InChI is InChI=1S/C10H10N2O/c1-2-9(13)8-5-3-4-7-6-11-12-10(7)8/h2-6,9,13H,1H2,(H,11,12). The molecule has 1 aromatic carbocycles. The fourth-order valence-corrected chi connectivity index (χ4v) is 1.37. The average molecular weight is 174 g/mol. The molecule has 2 rings (SSSR count). The highest BCUT2D eigenvalue weighted by molar-refractivity contribution is 5.81. The molecule has 0 bridgehead atoms. The second-order valence-corrected chi connectivity index (χ2v) is 2.86. The first kappa shape index (κ1) is 8.01. The van der Waals surface area contributed by atoms with E-state index in [1.54, 1.807) is 6.20 Å². The molecule has 0 aliphatic rings. The van der Waals surface area contributed by atoms with Crippen molar-refractivity contribution in [1.29, 1.82) is 0 Å². The molecule has 1 atom stereocenters. The van der Waals surface area contributed by atoms with Gasteiger partial charge in [-0.05, 0) is 0 Å². The monoisotopic (exact) mass is 174 g/mol. The van der Waals surface area contributed by atoms with Crippen LogP contribution in [0.1, 0.15) is 11.7 Å². The lowest BCUT2D eigenvalue weighted by molar-refractivity contribution is 0.230. The van der Waals surface area contributed by atoms with Crippen molar-refractivity contribution in [3.63, 3.8) is 0 Å². The number of rotatable bonds is 2. The Bertz CT molecular complexity index is 433. The maximum atomic E-state index is 9.58. The Hall–Kier alpha value is -1.61. The maximum absolute atomic E-state index is 9.58. The molecule has 0 fully saturated rings. The van der Waals surface area contributed by atoms with Crippen LogP contribution in [0.15, 0.2) is 37.1 Å². The van der Waals surface area contributed by atoms with Crippen molar-refractivity contribution in [2.75, 3.05) is 0 Å². The van der Waals surface area contributed by atoms with Crippen LogP contribution >= 0.6 is 0 Å². The van der Waals surface area contributed by atoms with Crippen LogP contribution in [-0.4, -0.2) is 15.3 Å². The fourth-order valence-electron chi connectivity index (χ4n) is 1.37. The van der Waals surface area contributed by atoms with E-state index in [4.69, 9.17) is 0 Å². The van der Waals surface area contributed by atoms with Gasteiger partial charge in [-0.2, -0.15) is 5.10 Å². The summed E-state index contributed by atoms with van der Waals surface area (Å²) in [5.74, 6) is 0. The molecule has 0 aliphatic heterocycles. The topological polar surface area (TPSA) is 48.9 Å². The van der Waals surface area contributed by atoms with Gasteiger partial charge in [-0.15, -0.1) is 6.58 Å². The number of hydrogen-bond donors (Lipinski definition) is 2. The Balaban J connectivity index is 2.67. The summed E-state index contributed by atoms with van der Waals surface area (Å²) in [5, 5.41) is 17.3. The molecule has 0 saturated heterocycles. The summed E-state index contributed by atoms with van der Waals surface area (Å²) in [6.07, 6.45) is 2.59. The number of fused-ring (bicyclic) bond motifs is 1. The number of aliphatic hydroxyl groups excluding tert-OH is 1. The number of aromatic amines is 1. The number of aliphatic hydroxyl groups is 1. The number of nitrogens with zero attached hydrogens (tertiary/aromatic N) is 1. The van der Waals surface area contributed by atoms with E-state index in [9.17, 15) is 5.11 Å². The van der Waals surface area contributed by atoms with Crippen LogP contribution in [0.5, 0.6) is 0 Å². The van der Waals surface area contributed by atoms with E-state index in [1.807, 2.05) is 18.2 Å². The van der Waals surface area contributed by atoms with Gasteiger partial charge >= 0.3 is 0 Å². The predicted molar refractivity (Wildman–Crippen MR) is 51.3 cm³/mol. The summed E-state index contributed by atoms with van der Waals surface area (Å²) in [4.78, 5) is 0. The van der Waals surface area contributed by atoms with E-state index in [0.717, 1.165) is 16.5 Å². The van der Waals surface area contributed by atoms with Gasteiger partial charge in [-0.1, -0.05) is 24.3 Å².